The molecule has 16 heteroatoms. The summed E-state index contributed by atoms with van der Waals surface area (Å²) in [7, 11) is 0. The number of halogens is 6. The SMILES string of the molecule is Cc1cc2cc(c1F)[C@H](CC(=O)O)NC(=O)[C@H](n1cc(CCN3CC(F)C3)c(C(F)(F)F)cc1=O)c1cc(ccc1F)Oc1nn(CC3CC3)cc1-2. The Kier molecular flexibility index (Phi) is 9.13. The number of aromatic nitrogens is 3. The summed E-state index contributed by atoms with van der Waals surface area (Å²) in [6.07, 6.45) is -2.73. The number of carboxylic acid groups (broad SMARTS) is 1. The summed E-state index contributed by atoms with van der Waals surface area (Å²) in [6, 6.07) is 2.89. The number of nitrogens with one attached hydrogen (secondary N) is 1. The molecule has 2 fully saturated rings. The molecular formula is C36H33F6N5O5. The second kappa shape index (κ2) is 13.5. The monoisotopic (exact) mass is 729 g/mol. The van der Waals surface area contributed by atoms with Crippen molar-refractivity contribution in [2.75, 3.05) is 19.6 Å². The number of hydrogen-bond acceptors (Lipinski definition) is 6. The summed E-state index contributed by atoms with van der Waals surface area (Å²) < 4.78 is 96.3. The zero-order valence-electron chi connectivity index (χ0n) is 27.7. The summed E-state index contributed by atoms with van der Waals surface area (Å²) >= 11 is 0. The molecule has 4 aromatic rings. The molecule has 4 heterocycles. The van der Waals surface area contributed by atoms with E-state index in [0.717, 1.165) is 31.2 Å². The lowest BCUT2D eigenvalue weighted by molar-refractivity contribution is -0.139. The zero-order valence-corrected chi connectivity index (χ0v) is 27.7. The van der Waals surface area contributed by atoms with Crippen molar-refractivity contribution in [3.05, 3.63) is 98.6 Å². The van der Waals surface area contributed by atoms with Crippen LogP contribution < -0.4 is 15.6 Å². The number of aliphatic carboxylic acids is 1. The van der Waals surface area contributed by atoms with Gasteiger partial charge < -0.3 is 15.2 Å². The van der Waals surface area contributed by atoms with E-state index in [-0.39, 0.29) is 48.8 Å². The molecule has 1 amide bonds. The average molecular weight is 730 g/mol. The first-order valence-electron chi connectivity index (χ1n) is 16.7. The minimum atomic E-state index is -4.98. The number of rotatable bonds is 8. The fourth-order valence-corrected chi connectivity index (χ4v) is 6.75. The number of nitrogens with zero attached hydrogens (tertiary/aromatic N) is 4. The fourth-order valence-electron chi connectivity index (χ4n) is 6.75. The summed E-state index contributed by atoms with van der Waals surface area (Å²) in [5.74, 6) is -4.12. The Labute approximate surface area is 292 Å². The van der Waals surface area contributed by atoms with Gasteiger partial charge in [-0.1, -0.05) is 0 Å². The number of alkyl halides is 4. The smallest absolute Gasteiger partial charge is 0.416 e. The maximum Gasteiger partial charge on any atom is 0.416 e. The number of amides is 1. The maximum atomic E-state index is 15.9. The van der Waals surface area contributed by atoms with Gasteiger partial charge >= 0.3 is 12.1 Å². The highest BCUT2D eigenvalue weighted by molar-refractivity contribution is 5.85. The van der Waals surface area contributed by atoms with Gasteiger partial charge in [0, 0.05) is 55.8 Å². The minimum absolute atomic E-state index is 0.00162. The average Bonchev–Trinajstić information content (AvgIpc) is 3.78. The van der Waals surface area contributed by atoms with E-state index < -0.39 is 76.6 Å². The number of carbonyl (C=O) groups excluding carboxylic acids is 1. The van der Waals surface area contributed by atoms with Crippen LogP contribution in [0.25, 0.3) is 11.1 Å². The quantitative estimate of drug-likeness (QED) is 0.215. The lowest BCUT2D eigenvalue weighted by Gasteiger charge is -2.34. The van der Waals surface area contributed by atoms with Crippen LogP contribution in [0.4, 0.5) is 26.3 Å². The van der Waals surface area contributed by atoms with Crippen LogP contribution in [0.2, 0.25) is 0 Å². The Morgan fingerprint density at radius 3 is 2.48 bits per heavy atom. The van der Waals surface area contributed by atoms with Crippen molar-refractivity contribution in [1.29, 1.82) is 0 Å². The normalized spacial score (nSPS) is 19.4. The van der Waals surface area contributed by atoms with Crippen LogP contribution in [-0.2, 0) is 28.7 Å². The standard InChI is InChI=1S/C36H33F6N5O5/c1-18-8-21-9-25(32(18)39)29(12-31(49)50)43-34(51)33(47-14-20(6-7-45-15-22(37)16-45)27(11-30(47)48)36(40,41)42)24-10-23(4-5-28(24)38)52-35-26(21)17-46(44-35)13-19-2-3-19/h4-5,8-11,14,17,19,22,29,33H,2-3,6-7,12-13,15-16H2,1H3,(H,43,51)(H,49,50)/t29-,33+/m0/s1. The third-order valence-electron chi connectivity index (χ3n) is 9.62. The molecule has 2 atom stereocenters. The van der Waals surface area contributed by atoms with E-state index in [1.54, 1.807) is 15.8 Å². The molecule has 10 nitrogen and oxygen atoms in total. The highest BCUT2D eigenvalue weighted by atomic mass is 19.4. The van der Waals surface area contributed by atoms with Crippen molar-refractivity contribution in [3.63, 3.8) is 0 Å². The van der Waals surface area contributed by atoms with Crippen LogP contribution in [0.3, 0.4) is 0 Å². The first kappa shape index (κ1) is 35.3. The van der Waals surface area contributed by atoms with Crippen LogP contribution in [-0.4, -0.2) is 62.0 Å². The van der Waals surface area contributed by atoms with Gasteiger partial charge in [0.25, 0.3) is 5.56 Å². The van der Waals surface area contributed by atoms with E-state index in [4.69, 9.17) is 4.74 Å². The number of hydrogen-bond donors (Lipinski definition) is 2. The summed E-state index contributed by atoms with van der Waals surface area (Å²) in [6.45, 7) is 2.05. The number of aryl methyl sites for hydroxylation is 1. The van der Waals surface area contributed by atoms with Crippen molar-refractivity contribution in [2.24, 2.45) is 5.92 Å². The van der Waals surface area contributed by atoms with Gasteiger partial charge in [0.05, 0.1) is 23.6 Å². The molecule has 3 aliphatic rings. The van der Waals surface area contributed by atoms with Crippen LogP contribution in [0.15, 0.2) is 53.6 Å². The van der Waals surface area contributed by atoms with E-state index >= 15 is 8.78 Å². The van der Waals surface area contributed by atoms with Gasteiger partial charge in [-0.25, -0.2) is 13.2 Å². The predicted octanol–water partition coefficient (Wildman–Crippen LogP) is 5.95. The number of ether oxygens (including phenoxy) is 1. The maximum absolute atomic E-state index is 15.9. The Balaban J connectivity index is 1.41. The molecule has 2 N–H and O–H groups in total. The lowest BCUT2D eigenvalue weighted by Crippen LogP contribution is -2.49. The highest BCUT2D eigenvalue weighted by Crippen LogP contribution is 2.40. The third kappa shape index (κ3) is 7.16. The first-order chi connectivity index (χ1) is 24.6. The molecule has 0 unspecified atom stereocenters. The molecule has 1 saturated heterocycles. The molecule has 0 radical (unpaired) electrons. The van der Waals surface area contributed by atoms with Crippen LogP contribution in [0, 0.1) is 24.5 Å². The van der Waals surface area contributed by atoms with Crippen molar-refractivity contribution < 1.29 is 45.8 Å². The summed E-state index contributed by atoms with van der Waals surface area (Å²) in [5, 5.41) is 16.9. The number of likely N-dealkylation sites (tertiary alicyclic amines) is 1. The minimum Gasteiger partial charge on any atom is -0.481 e. The second-order valence-electron chi connectivity index (χ2n) is 13.6. The molecule has 4 bridgehead atoms. The van der Waals surface area contributed by atoms with E-state index in [2.05, 4.69) is 10.4 Å². The Bertz CT molecular complexity index is 2120. The van der Waals surface area contributed by atoms with Crippen molar-refractivity contribution in [1.82, 2.24) is 24.6 Å². The number of pyridine rings is 1. The van der Waals surface area contributed by atoms with Gasteiger partial charge in [-0.3, -0.25) is 28.5 Å². The molecule has 274 valence electrons. The van der Waals surface area contributed by atoms with Crippen molar-refractivity contribution in [2.45, 2.75) is 63.6 Å². The third-order valence-corrected chi connectivity index (χ3v) is 9.62. The molecule has 1 aliphatic carbocycles. The number of benzene rings is 2. The Morgan fingerprint density at radius 2 is 1.81 bits per heavy atom. The summed E-state index contributed by atoms with van der Waals surface area (Å²) in [4.78, 5) is 41.5. The van der Waals surface area contributed by atoms with E-state index in [0.29, 0.717) is 34.2 Å². The second-order valence-corrected chi connectivity index (χ2v) is 13.6. The van der Waals surface area contributed by atoms with E-state index in [1.807, 2.05) is 0 Å². The van der Waals surface area contributed by atoms with Gasteiger partial charge in [0.2, 0.25) is 11.8 Å². The Morgan fingerprint density at radius 1 is 1.06 bits per heavy atom. The lowest BCUT2D eigenvalue weighted by atomic mass is 9.94. The van der Waals surface area contributed by atoms with Crippen LogP contribution in [0.1, 0.15) is 59.2 Å². The van der Waals surface area contributed by atoms with Gasteiger partial charge in [-0.15, -0.1) is 5.10 Å². The highest BCUT2D eigenvalue weighted by Gasteiger charge is 2.38. The van der Waals surface area contributed by atoms with Gasteiger partial charge in [-0.05, 0) is 79.1 Å². The molecular weight excluding hydrogens is 696 g/mol. The molecule has 2 aromatic carbocycles. The largest absolute Gasteiger partial charge is 0.481 e. The van der Waals surface area contributed by atoms with E-state index in [1.165, 1.54) is 25.1 Å². The van der Waals surface area contributed by atoms with Gasteiger partial charge in [0.15, 0.2) is 0 Å². The van der Waals surface area contributed by atoms with Crippen molar-refractivity contribution in [3.8, 4) is 22.8 Å². The summed E-state index contributed by atoms with van der Waals surface area (Å²) in [5.41, 5.74) is -2.86. The molecule has 1 saturated carbocycles. The fraction of sp³-hybridized carbons (Fsp3) is 0.389. The predicted molar refractivity (Wildman–Crippen MR) is 174 cm³/mol. The molecule has 2 aromatic heterocycles. The van der Waals surface area contributed by atoms with Crippen LogP contribution in [0.5, 0.6) is 11.6 Å². The van der Waals surface area contributed by atoms with Crippen LogP contribution >= 0.6 is 0 Å². The van der Waals surface area contributed by atoms with E-state index in [9.17, 15) is 37.1 Å². The molecule has 0 spiro atoms. The molecule has 2 aliphatic heterocycles. The molecule has 52 heavy (non-hydrogen) atoms. The topological polar surface area (TPSA) is 119 Å². The first-order valence-corrected chi connectivity index (χ1v) is 16.7. The Hall–Kier alpha value is -5.12. The number of carboxylic acids is 1. The zero-order chi connectivity index (χ0) is 37.1. The van der Waals surface area contributed by atoms with Gasteiger partial charge in [0.1, 0.15) is 29.6 Å². The number of fused-ring (bicyclic) bond motifs is 6. The number of carbonyl (C=O) groups is 2. The van der Waals surface area contributed by atoms with Gasteiger partial charge in [-0.2, -0.15) is 13.2 Å². The molecule has 7 rings (SSSR count). The van der Waals surface area contributed by atoms with Crippen molar-refractivity contribution >= 4 is 11.9 Å².